The van der Waals surface area contributed by atoms with Crippen LogP contribution in [0.4, 0.5) is 0 Å². The normalized spacial score (nSPS) is 10.7. The highest BCUT2D eigenvalue weighted by Crippen LogP contribution is 2.56. The van der Waals surface area contributed by atoms with E-state index in [0.717, 1.165) is 56.0 Å². The van der Waals surface area contributed by atoms with E-state index in [1.807, 2.05) is 72.8 Å². The molecule has 0 saturated carbocycles. The molecule has 39 heavy (non-hydrogen) atoms. The Morgan fingerprint density at radius 3 is 1.46 bits per heavy atom. The van der Waals surface area contributed by atoms with Crippen molar-refractivity contribution in [3.8, 4) is 67.5 Å². The molecule has 0 saturated heterocycles. The number of hydrogen-bond acceptors (Lipinski definition) is 4. The van der Waals surface area contributed by atoms with Crippen molar-refractivity contribution >= 4 is 11.6 Å². The summed E-state index contributed by atoms with van der Waals surface area (Å²) in [5, 5.41) is 0.661. The van der Waals surface area contributed by atoms with Crippen molar-refractivity contribution in [1.29, 1.82) is 0 Å². The Hall–Kier alpha value is -4.41. The third-order valence-electron chi connectivity index (χ3n) is 6.75. The van der Waals surface area contributed by atoms with Gasteiger partial charge in [0.25, 0.3) is 0 Å². The lowest BCUT2D eigenvalue weighted by molar-refractivity contribution is 0.357. The first kappa shape index (κ1) is 26.2. The van der Waals surface area contributed by atoms with Gasteiger partial charge in [0.05, 0.1) is 28.4 Å². The van der Waals surface area contributed by atoms with Crippen molar-refractivity contribution in [2.45, 2.75) is 0 Å². The predicted octanol–water partition coefficient (Wildman–Crippen LogP) is 9.04. The van der Waals surface area contributed by atoms with Crippen LogP contribution in [-0.2, 0) is 0 Å². The Balaban J connectivity index is 2.02. The van der Waals surface area contributed by atoms with Gasteiger partial charge in [-0.25, -0.2) is 0 Å². The summed E-state index contributed by atoms with van der Waals surface area (Å²) in [6.45, 7) is 0. The van der Waals surface area contributed by atoms with Gasteiger partial charge in [-0.15, -0.1) is 0 Å². The third-order valence-corrected chi connectivity index (χ3v) is 7.00. The summed E-state index contributed by atoms with van der Waals surface area (Å²) < 4.78 is 23.4. The topological polar surface area (TPSA) is 36.9 Å². The maximum atomic E-state index is 6.30. The van der Waals surface area contributed by atoms with Crippen molar-refractivity contribution in [3.05, 3.63) is 108 Å². The fourth-order valence-electron chi connectivity index (χ4n) is 4.98. The van der Waals surface area contributed by atoms with Crippen LogP contribution in [0.3, 0.4) is 0 Å². The number of ether oxygens (including phenoxy) is 4. The molecule has 5 heteroatoms. The second-order valence-corrected chi connectivity index (χ2v) is 9.34. The summed E-state index contributed by atoms with van der Waals surface area (Å²) in [6, 6.07) is 34.2. The van der Waals surface area contributed by atoms with Crippen molar-refractivity contribution < 1.29 is 18.9 Å². The maximum Gasteiger partial charge on any atom is 0.169 e. The van der Waals surface area contributed by atoms with Crippen LogP contribution >= 0.6 is 11.6 Å². The quantitative estimate of drug-likeness (QED) is 0.198. The molecule has 0 aliphatic rings. The average molecular weight is 537 g/mol. The minimum atomic E-state index is 0.626. The molecule has 0 atom stereocenters. The van der Waals surface area contributed by atoms with Crippen LogP contribution in [0.5, 0.6) is 23.0 Å². The van der Waals surface area contributed by atoms with Crippen molar-refractivity contribution in [2.24, 2.45) is 0 Å². The van der Waals surface area contributed by atoms with Crippen LogP contribution in [-0.4, -0.2) is 28.4 Å². The molecule has 0 radical (unpaired) electrons. The molecular formula is C34H29ClO4. The Labute approximate surface area is 234 Å². The van der Waals surface area contributed by atoms with Crippen molar-refractivity contribution in [1.82, 2.24) is 0 Å². The molecule has 0 aliphatic heterocycles. The zero-order chi connectivity index (χ0) is 27.4. The third kappa shape index (κ3) is 5.04. The Kier molecular flexibility index (Phi) is 7.76. The molecule has 0 bridgehead atoms. The molecule has 0 heterocycles. The van der Waals surface area contributed by atoms with Gasteiger partial charge >= 0.3 is 0 Å². The van der Waals surface area contributed by atoms with E-state index in [0.29, 0.717) is 16.5 Å². The predicted molar refractivity (Wildman–Crippen MR) is 159 cm³/mol. The van der Waals surface area contributed by atoms with Gasteiger partial charge < -0.3 is 18.9 Å². The lowest BCUT2D eigenvalue weighted by atomic mass is 9.81. The molecule has 5 rings (SSSR count). The smallest absolute Gasteiger partial charge is 0.169 e. The van der Waals surface area contributed by atoms with Gasteiger partial charge in [0.15, 0.2) is 11.5 Å². The van der Waals surface area contributed by atoms with Crippen LogP contribution in [0, 0.1) is 0 Å². The number of halogens is 1. The largest absolute Gasteiger partial charge is 0.497 e. The highest BCUT2D eigenvalue weighted by atomic mass is 35.5. The molecule has 0 spiro atoms. The molecule has 0 unspecified atom stereocenters. The number of rotatable bonds is 8. The fraction of sp³-hybridized carbons (Fsp3) is 0.118. The minimum absolute atomic E-state index is 0.626. The summed E-state index contributed by atoms with van der Waals surface area (Å²) in [4.78, 5) is 0. The van der Waals surface area contributed by atoms with E-state index in [1.54, 1.807) is 28.4 Å². The first-order chi connectivity index (χ1) is 19.1. The maximum absolute atomic E-state index is 6.30. The van der Waals surface area contributed by atoms with Crippen LogP contribution in [0.25, 0.3) is 44.5 Å². The molecule has 0 amide bonds. The summed E-state index contributed by atoms with van der Waals surface area (Å²) in [6.07, 6.45) is 0. The van der Waals surface area contributed by atoms with Crippen molar-refractivity contribution in [2.75, 3.05) is 28.4 Å². The molecular weight excluding hydrogens is 508 g/mol. The lowest BCUT2D eigenvalue weighted by Crippen LogP contribution is -2.02. The molecule has 5 aromatic carbocycles. The second-order valence-electron chi connectivity index (χ2n) is 8.90. The van der Waals surface area contributed by atoms with Crippen LogP contribution in [0.2, 0.25) is 5.02 Å². The van der Waals surface area contributed by atoms with E-state index in [9.17, 15) is 0 Å². The number of hydrogen-bond donors (Lipinski definition) is 0. The monoisotopic (exact) mass is 536 g/mol. The fourth-order valence-corrected chi connectivity index (χ4v) is 5.11. The van der Waals surface area contributed by atoms with Gasteiger partial charge in [-0.1, -0.05) is 78.3 Å². The molecule has 0 N–H and O–H groups in total. The van der Waals surface area contributed by atoms with E-state index in [4.69, 9.17) is 30.5 Å². The highest BCUT2D eigenvalue weighted by Gasteiger charge is 2.29. The summed E-state index contributed by atoms with van der Waals surface area (Å²) in [5.41, 5.74) is 7.76. The van der Waals surface area contributed by atoms with Gasteiger partial charge in [0, 0.05) is 27.3 Å². The first-order valence-electron chi connectivity index (χ1n) is 12.5. The van der Waals surface area contributed by atoms with E-state index in [2.05, 4.69) is 30.3 Å². The second kappa shape index (κ2) is 11.5. The number of methoxy groups -OCH3 is 4. The molecule has 0 aromatic heterocycles. The van der Waals surface area contributed by atoms with Gasteiger partial charge in [-0.2, -0.15) is 0 Å². The van der Waals surface area contributed by atoms with Gasteiger partial charge in [0.1, 0.15) is 11.5 Å². The molecule has 196 valence electrons. The summed E-state index contributed by atoms with van der Waals surface area (Å²) in [7, 11) is 6.68. The average Bonchev–Trinajstić information content (AvgIpc) is 3.00. The van der Waals surface area contributed by atoms with Gasteiger partial charge in [0.2, 0.25) is 0 Å². The zero-order valence-electron chi connectivity index (χ0n) is 22.3. The summed E-state index contributed by atoms with van der Waals surface area (Å²) in [5.74, 6) is 2.79. The van der Waals surface area contributed by atoms with Gasteiger partial charge in [-0.05, 0) is 58.7 Å². The van der Waals surface area contributed by atoms with Crippen LogP contribution in [0.15, 0.2) is 103 Å². The minimum Gasteiger partial charge on any atom is -0.497 e. The Morgan fingerprint density at radius 2 is 0.897 bits per heavy atom. The Morgan fingerprint density at radius 1 is 0.410 bits per heavy atom. The number of benzene rings is 5. The molecule has 0 fully saturated rings. The zero-order valence-corrected chi connectivity index (χ0v) is 23.1. The van der Waals surface area contributed by atoms with Crippen LogP contribution < -0.4 is 18.9 Å². The summed E-state index contributed by atoms with van der Waals surface area (Å²) >= 11 is 6.30. The SMILES string of the molecule is COc1ccc(-c2c(-c3cccc(OC)c3)c(OC)c(OC)c(-c3ccc(Cl)cc3)c2-c2ccccc2)cc1. The molecule has 0 aliphatic carbocycles. The van der Waals surface area contributed by atoms with Gasteiger partial charge in [-0.3, -0.25) is 0 Å². The van der Waals surface area contributed by atoms with E-state index in [1.165, 1.54) is 0 Å². The highest BCUT2D eigenvalue weighted by molar-refractivity contribution is 6.30. The van der Waals surface area contributed by atoms with Crippen molar-refractivity contribution in [3.63, 3.8) is 0 Å². The Bertz CT molecular complexity index is 1580. The standard InChI is InChI=1S/C34H29ClO4/c1-36-27-19-15-23(16-20-27)30-29(22-9-6-5-7-10-22)31(24-13-17-26(35)18-14-24)33(38-3)34(39-4)32(30)25-11-8-12-28(21-25)37-2/h5-21H,1-4H3. The van der Waals surface area contributed by atoms with E-state index < -0.39 is 0 Å². The lowest BCUT2D eigenvalue weighted by Gasteiger charge is -2.26. The molecule has 5 aromatic rings. The molecule has 4 nitrogen and oxygen atoms in total. The van der Waals surface area contributed by atoms with E-state index in [-0.39, 0.29) is 0 Å². The van der Waals surface area contributed by atoms with E-state index >= 15 is 0 Å². The van der Waals surface area contributed by atoms with Crippen LogP contribution in [0.1, 0.15) is 0 Å². The first-order valence-corrected chi connectivity index (χ1v) is 12.9.